The number of carbonyl (C=O) groups is 3. The Labute approximate surface area is 214 Å². The SMILES string of the molecule is CC(C)(C)OC(=O)N1C[C@H](C(=O)NO)[C@@H](C(=O)Nc2ccc(COc3ccnc4ccccc34)cc2)C1. The third-order valence-electron chi connectivity index (χ3n) is 5.98. The van der Waals surface area contributed by atoms with Crippen LogP contribution in [0.2, 0.25) is 0 Å². The van der Waals surface area contributed by atoms with Crippen LogP contribution in [0.4, 0.5) is 10.5 Å². The third kappa shape index (κ3) is 6.34. The molecule has 37 heavy (non-hydrogen) atoms. The molecule has 2 aromatic carbocycles. The Morgan fingerprint density at radius 3 is 2.35 bits per heavy atom. The molecule has 10 heteroatoms. The molecule has 1 aliphatic heterocycles. The lowest BCUT2D eigenvalue weighted by Gasteiger charge is -2.24. The molecule has 1 saturated heterocycles. The average molecular weight is 507 g/mol. The van der Waals surface area contributed by atoms with E-state index in [1.54, 1.807) is 44.6 Å². The molecule has 0 saturated carbocycles. The van der Waals surface area contributed by atoms with Crippen LogP contribution in [-0.4, -0.2) is 51.7 Å². The molecule has 0 bridgehead atoms. The fraction of sp³-hybridized carbons (Fsp3) is 0.333. The van der Waals surface area contributed by atoms with Gasteiger partial charge in [0.2, 0.25) is 11.8 Å². The predicted octanol–water partition coefficient (Wildman–Crippen LogP) is 3.74. The van der Waals surface area contributed by atoms with Gasteiger partial charge in [0.05, 0.1) is 17.4 Å². The van der Waals surface area contributed by atoms with Crippen molar-refractivity contribution in [1.82, 2.24) is 15.4 Å². The molecule has 1 aromatic heterocycles. The fourth-order valence-corrected chi connectivity index (χ4v) is 4.17. The molecule has 2 heterocycles. The fourth-order valence-electron chi connectivity index (χ4n) is 4.17. The van der Waals surface area contributed by atoms with Crippen molar-refractivity contribution < 1.29 is 29.1 Å². The molecule has 10 nitrogen and oxygen atoms in total. The molecule has 0 radical (unpaired) electrons. The Balaban J connectivity index is 1.39. The average Bonchev–Trinajstić information content (AvgIpc) is 3.33. The lowest BCUT2D eigenvalue weighted by atomic mass is 9.94. The first-order valence-electron chi connectivity index (χ1n) is 11.9. The summed E-state index contributed by atoms with van der Waals surface area (Å²) in [6.07, 6.45) is 1.08. The van der Waals surface area contributed by atoms with Gasteiger partial charge in [-0.25, -0.2) is 10.3 Å². The van der Waals surface area contributed by atoms with Crippen molar-refractivity contribution in [1.29, 1.82) is 0 Å². The van der Waals surface area contributed by atoms with Gasteiger partial charge in [-0.05, 0) is 56.7 Å². The van der Waals surface area contributed by atoms with E-state index in [1.807, 2.05) is 42.5 Å². The summed E-state index contributed by atoms with van der Waals surface area (Å²) in [5, 5.41) is 12.9. The van der Waals surface area contributed by atoms with E-state index in [2.05, 4.69) is 10.3 Å². The van der Waals surface area contributed by atoms with E-state index in [9.17, 15) is 14.4 Å². The van der Waals surface area contributed by atoms with Crippen molar-refractivity contribution in [2.75, 3.05) is 18.4 Å². The smallest absolute Gasteiger partial charge is 0.410 e. The Kier molecular flexibility index (Phi) is 7.58. The van der Waals surface area contributed by atoms with Crippen LogP contribution in [0.5, 0.6) is 5.75 Å². The van der Waals surface area contributed by atoms with Crippen molar-refractivity contribution in [3.05, 3.63) is 66.4 Å². The lowest BCUT2D eigenvalue weighted by Crippen LogP contribution is -2.38. The number of ether oxygens (including phenoxy) is 2. The molecule has 3 amide bonds. The number of anilines is 1. The number of hydroxylamine groups is 1. The number of hydrogen-bond donors (Lipinski definition) is 3. The summed E-state index contributed by atoms with van der Waals surface area (Å²) in [4.78, 5) is 43.4. The second-order valence-electron chi connectivity index (χ2n) is 9.88. The second kappa shape index (κ2) is 10.8. The van der Waals surface area contributed by atoms with Gasteiger partial charge in [0.1, 0.15) is 18.0 Å². The first kappa shape index (κ1) is 25.9. The number of benzene rings is 2. The molecule has 1 aliphatic rings. The van der Waals surface area contributed by atoms with Gasteiger partial charge in [-0.15, -0.1) is 0 Å². The molecule has 0 aliphatic carbocycles. The number of fused-ring (bicyclic) bond motifs is 1. The van der Waals surface area contributed by atoms with E-state index in [0.717, 1.165) is 22.2 Å². The summed E-state index contributed by atoms with van der Waals surface area (Å²) in [6, 6.07) is 16.7. The molecule has 2 atom stereocenters. The maximum atomic E-state index is 13.0. The standard InChI is InChI=1S/C27H30N4O6/c1-27(2,3)37-26(34)31-14-20(21(15-31)25(33)30-35)24(32)29-18-10-8-17(9-11-18)16-36-23-12-13-28-22-7-5-4-6-19(22)23/h4-13,20-21,35H,14-16H2,1-3H3,(H,29,32)(H,30,33)/t20-,21-/m0/s1. The van der Waals surface area contributed by atoms with Crippen LogP contribution >= 0.6 is 0 Å². The molecular formula is C27H30N4O6. The highest BCUT2D eigenvalue weighted by Gasteiger charge is 2.44. The molecular weight excluding hydrogens is 476 g/mol. The van der Waals surface area contributed by atoms with E-state index < -0.39 is 35.3 Å². The van der Waals surface area contributed by atoms with Gasteiger partial charge >= 0.3 is 6.09 Å². The first-order valence-corrected chi connectivity index (χ1v) is 11.9. The van der Waals surface area contributed by atoms with E-state index in [4.69, 9.17) is 14.7 Å². The minimum atomic E-state index is -0.916. The molecule has 1 fully saturated rings. The van der Waals surface area contributed by atoms with Crippen LogP contribution in [0, 0.1) is 11.8 Å². The van der Waals surface area contributed by atoms with Gasteiger partial charge in [0.15, 0.2) is 0 Å². The summed E-state index contributed by atoms with van der Waals surface area (Å²) in [6.45, 7) is 5.48. The van der Waals surface area contributed by atoms with Crippen molar-refractivity contribution >= 4 is 34.5 Å². The number of aromatic nitrogens is 1. The number of nitrogens with zero attached hydrogens (tertiary/aromatic N) is 2. The molecule has 0 spiro atoms. The summed E-state index contributed by atoms with van der Waals surface area (Å²) in [5.41, 5.74) is 3.15. The van der Waals surface area contributed by atoms with Gasteiger partial charge < -0.3 is 19.7 Å². The Bertz CT molecular complexity index is 1280. The van der Waals surface area contributed by atoms with Crippen LogP contribution in [0.15, 0.2) is 60.8 Å². The highest BCUT2D eigenvalue weighted by molar-refractivity contribution is 5.97. The number of hydrogen-bond acceptors (Lipinski definition) is 7. The lowest BCUT2D eigenvalue weighted by molar-refractivity contribution is -0.137. The van der Waals surface area contributed by atoms with Crippen LogP contribution in [0.3, 0.4) is 0 Å². The monoisotopic (exact) mass is 506 g/mol. The number of carbonyl (C=O) groups excluding carboxylic acids is 3. The summed E-state index contributed by atoms with van der Waals surface area (Å²) >= 11 is 0. The van der Waals surface area contributed by atoms with Crippen LogP contribution in [0.1, 0.15) is 26.3 Å². The van der Waals surface area contributed by atoms with Crippen molar-refractivity contribution in [2.24, 2.45) is 11.8 Å². The van der Waals surface area contributed by atoms with E-state index >= 15 is 0 Å². The number of rotatable bonds is 6. The normalized spacial score (nSPS) is 17.4. The molecule has 194 valence electrons. The van der Waals surface area contributed by atoms with E-state index in [1.165, 1.54) is 4.90 Å². The maximum absolute atomic E-state index is 13.0. The maximum Gasteiger partial charge on any atom is 0.410 e. The molecule has 4 rings (SSSR count). The van der Waals surface area contributed by atoms with E-state index in [0.29, 0.717) is 12.3 Å². The van der Waals surface area contributed by atoms with Crippen molar-refractivity contribution in [2.45, 2.75) is 33.0 Å². The topological polar surface area (TPSA) is 130 Å². The molecule has 3 aromatic rings. The molecule has 3 N–H and O–H groups in total. The largest absolute Gasteiger partial charge is 0.488 e. The van der Waals surface area contributed by atoms with Crippen LogP contribution in [0.25, 0.3) is 10.9 Å². The van der Waals surface area contributed by atoms with Gasteiger partial charge in [-0.3, -0.25) is 19.8 Å². The van der Waals surface area contributed by atoms with Gasteiger partial charge in [0.25, 0.3) is 0 Å². The minimum Gasteiger partial charge on any atom is -0.488 e. The Hall–Kier alpha value is -4.18. The van der Waals surface area contributed by atoms with Crippen molar-refractivity contribution in [3.8, 4) is 5.75 Å². The van der Waals surface area contributed by atoms with Gasteiger partial charge in [0, 0.05) is 30.4 Å². The first-order chi connectivity index (χ1) is 17.6. The highest BCUT2D eigenvalue weighted by atomic mass is 16.6. The Morgan fingerprint density at radius 1 is 1.00 bits per heavy atom. The molecule has 0 unspecified atom stereocenters. The third-order valence-corrected chi connectivity index (χ3v) is 5.98. The Morgan fingerprint density at radius 2 is 1.68 bits per heavy atom. The summed E-state index contributed by atoms with van der Waals surface area (Å²) < 4.78 is 11.4. The zero-order valence-electron chi connectivity index (χ0n) is 20.9. The van der Waals surface area contributed by atoms with E-state index in [-0.39, 0.29) is 13.1 Å². The quantitative estimate of drug-likeness (QED) is 0.343. The number of nitrogens with one attached hydrogen (secondary N) is 2. The number of para-hydroxylation sites is 1. The zero-order valence-corrected chi connectivity index (χ0v) is 20.9. The number of likely N-dealkylation sites (tertiary alicyclic amines) is 1. The van der Waals surface area contributed by atoms with Gasteiger partial charge in [-0.2, -0.15) is 0 Å². The van der Waals surface area contributed by atoms with Crippen LogP contribution in [-0.2, 0) is 20.9 Å². The number of amides is 3. The second-order valence-corrected chi connectivity index (χ2v) is 9.88. The number of pyridine rings is 1. The summed E-state index contributed by atoms with van der Waals surface area (Å²) in [5.74, 6) is -2.22. The zero-order chi connectivity index (χ0) is 26.6. The van der Waals surface area contributed by atoms with Crippen LogP contribution < -0.4 is 15.5 Å². The van der Waals surface area contributed by atoms with Gasteiger partial charge in [-0.1, -0.05) is 24.3 Å². The van der Waals surface area contributed by atoms with Crippen molar-refractivity contribution in [3.63, 3.8) is 0 Å². The predicted molar refractivity (Wildman–Crippen MR) is 136 cm³/mol. The minimum absolute atomic E-state index is 0.00928. The summed E-state index contributed by atoms with van der Waals surface area (Å²) in [7, 11) is 0. The highest BCUT2D eigenvalue weighted by Crippen LogP contribution is 2.28.